The molecule has 0 aliphatic carbocycles. The summed E-state index contributed by atoms with van der Waals surface area (Å²) in [5.41, 5.74) is 1.54. The van der Waals surface area contributed by atoms with Crippen LogP contribution in [0.4, 0.5) is 9.18 Å². The van der Waals surface area contributed by atoms with E-state index in [1.165, 1.54) is 6.07 Å². The molecular weight excluding hydrogens is 427 g/mol. The zero-order chi connectivity index (χ0) is 19.9. The van der Waals surface area contributed by atoms with Crippen molar-refractivity contribution in [2.24, 2.45) is 0 Å². The fraction of sp³-hybridized carbons (Fsp3) is 0.381. The molecule has 1 fully saturated rings. The summed E-state index contributed by atoms with van der Waals surface area (Å²) in [6.45, 7) is 4.05. The van der Waals surface area contributed by atoms with E-state index in [-0.39, 0.29) is 30.7 Å². The van der Waals surface area contributed by atoms with Crippen LogP contribution in [-0.2, 0) is 16.1 Å². The van der Waals surface area contributed by atoms with Crippen molar-refractivity contribution in [3.05, 3.63) is 69.9 Å². The lowest BCUT2D eigenvalue weighted by Gasteiger charge is -2.33. The van der Waals surface area contributed by atoms with Gasteiger partial charge in [-0.2, -0.15) is 0 Å². The van der Waals surface area contributed by atoms with Crippen LogP contribution in [-0.4, -0.2) is 43.3 Å². The number of rotatable bonds is 6. The average Bonchev–Trinajstić information content (AvgIpc) is 2.73. The first-order valence-electron chi connectivity index (χ1n) is 9.28. The Morgan fingerprint density at radius 1 is 1.36 bits per heavy atom. The summed E-state index contributed by atoms with van der Waals surface area (Å²) in [5.74, 6) is -0.251. The number of hydrogen-bond donors (Lipinski definition) is 1. The smallest absolute Gasteiger partial charge is 0.410 e. The van der Waals surface area contributed by atoms with Crippen LogP contribution in [0.1, 0.15) is 24.1 Å². The van der Waals surface area contributed by atoms with Crippen molar-refractivity contribution in [2.45, 2.75) is 25.7 Å². The van der Waals surface area contributed by atoms with Gasteiger partial charge in [0.05, 0.1) is 19.3 Å². The molecule has 28 heavy (non-hydrogen) atoms. The number of carbonyl (C=O) groups excluding carboxylic acids is 1. The van der Waals surface area contributed by atoms with Crippen molar-refractivity contribution < 1.29 is 18.7 Å². The van der Waals surface area contributed by atoms with Gasteiger partial charge in [0.2, 0.25) is 0 Å². The first-order valence-corrected chi connectivity index (χ1v) is 10.1. The topological polar surface area (TPSA) is 50.8 Å². The van der Waals surface area contributed by atoms with Gasteiger partial charge in [-0.25, -0.2) is 9.18 Å². The van der Waals surface area contributed by atoms with Crippen LogP contribution in [0.25, 0.3) is 0 Å². The molecule has 2 aromatic carbocycles. The number of carbonyl (C=O) groups is 1. The SMILES string of the molecule is CC(NCC1CN(C(=O)OCc2ccccc2)CCO1)c1cc(Br)ccc1F. The third-order valence-electron chi connectivity index (χ3n) is 4.68. The Morgan fingerprint density at radius 3 is 2.93 bits per heavy atom. The van der Waals surface area contributed by atoms with Crippen LogP contribution in [0.2, 0.25) is 0 Å². The van der Waals surface area contributed by atoms with Crippen molar-refractivity contribution in [2.75, 3.05) is 26.2 Å². The van der Waals surface area contributed by atoms with Crippen LogP contribution < -0.4 is 5.32 Å². The lowest BCUT2D eigenvalue weighted by atomic mass is 10.1. The lowest BCUT2D eigenvalue weighted by molar-refractivity contribution is -0.0278. The molecule has 1 aliphatic heterocycles. The van der Waals surface area contributed by atoms with Gasteiger partial charge in [0.1, 0.15) is 12.4 Å². The molecule has 150 valence electrons. The van der Waals surface area contributed by atoms with Gasteiger partial charge >= 0.3 is 6.09 Å². The minimum Gasteiger partial charge on any atom is -0.445 e. The summed E-state index contributed by atoms with van der Waals surface area (Å²) in [7, 11) is 0. The highest BCUT2D eigenvalue weighted by Gasteiger charge is 2.26. The van der Waals surface area contributed by atoms with E-state index < -0.39 is 0 Å². The molecular formula is C21H24BrFN2O3. The van der Waals surface area contributed by atoms with E-state index in [4.69, 9.17) is 9.47 Å². The Hall–Kier alpha value is -1.96. The molecule has 0 bridgehead atoms. The van der Waals surface area contributed by atoms with Crippen molar-refractivity contribution in [1.29, 1.82) is 0 Å². The quantitative estimate of drug-likeness (QED) is 0.713. The highest BCUT2D eigenvalue weighted by Crippen LogP contribution is 2.21. The molecule has 1 amide bonds. The largest absolute Gasteiger partial charge is 0.445 e. The predicted octanol–water partition coefficient (Wildman–Crippen LogP) is 4.28. The fourth-order valence-electron chi connectivity index (χ4n) is 3.08. The van der Waals surface area contributed by atoms with E-state index in [1.807, 2.05) is 37.3 Å². The van der Waals surface area contributed by atoms with E-state index >= 15 is 0 Å². The predicted molar refractivity (Wildman–Crippen MR) is 108 cm³/mol. The Balaban J connectivity index is 1.47. The van der Waals surface area contributed by atoms with Gasteiger partial charge in [-0.05, 0) is 30.7 Å². The number of benzene rings is 2. The minimum absolute atomic E-state index is 0.171. The zero-order valence-corrected chi connectivity index (χ0v) is 17.3. The highest BCUT2D eigenvalue weighted by molar-refractivity contribution is 9.10. The third-order valence-corrected chi connectivity index (χ3v) is 5.17. The number of amides is 1. The molecule has 1 N–H and O–H groups in total. The van der Waals surface area contributed by atoms with Gasteiger partial charge in [0, 0.05) is 29.2 Å². The first-order chi connectivity index (χ1) is 13.5. The summed E-state index contributed by atoms with van der Waals surface area (Å²) < 4.78 is 26.0. The molecule has 3 rings (SSSR count). The molecule has 2 aromatic rings. The summed E-state index contributed by atoms with van der Waals surface area (Å²) in [6, 6.07) is 14.3. The minimum atomic E-state index is -0.344. The summed E-state index contributed by atoms with van der Waals surface area (Å²) in [6.07, 6.45) is -0.515. The molecule has 2 atom stereocenters. The Morgan fingerprint density at radius 2 is 2.14 bits per heavy atom. The van der Waals surface area contributed by atoms with Crippen molar-refractivity contribution in [3.63, 3.8) is 0 Å². The van der Waals surface area contributed by atoms with E-state index in [9.17, 15) is 9.18 Å². The maximum atomic E-state index is 14.0. The number of hydrogen-bond acceptors (Lipinski definition) is 4. The van der Waals surface area contributed by atoms with Gasteiger partial charge in [0.15, 0.2) is 0 Å². The molecule has 1 heterocycles. The molecule has 2 unspecified atom stereocenters. The molecule has 7 heteroatoms. The number of morpholine rings is 1. The fourth-order valence-corrected chi connectivity index (χ4v) is 3.46. The number of ether oxygens (including phenoxy) is 2. The molecule has 0 spiro atoms. The molecule has 1 saturated heterocycles. The second-order valence-electron chi connectivity index (χ2n) is 6.77. The standard InChI is InChI=1S/C21H24BrFN2O3/c1-15(19-11-17(22)7-8-20(19)23)24-12-18-13-25(9-10-27-18)21(26)28-14-16-5-3-2-4-6-16/h2-8,11,15,18,24H,9-10,12-14H2,1H3. The van der Waals surface area contributed by atoms with E-state index in [1.54, 1.807) is 17.0 Å². The second-order valence-corrected chi connectivity index (χ2v) is 7.69. The van der Waals surface area contributed by atoms with Crippen LogP contribution in [0, 0.1) is 5.82 Å². The highest BCUT2D eigenvalue weighted by atomic mass is 79.9. The second kappa shape index (κ2) is 10.0. The van der Waals surface area contributed by atoms with Gasteiger partial charge in [-0.3, -0.25) is 0 Å². The van der Waals surface area contributed by atoms with E-state index in [2.05, 4.69) is 21.2 Å². The summed E-state index contributed by atoms with van der Waals surface area (Å²) in [4.78, 5) is 14.0. The molecule has 0 radical (unpaired) electrons. The lowest BCUT2D eigenvalue weighted by Crippen LogP contribution is -2.49. The number of nitrogens with one attached hydrogen (secondary N) is 1. The first kappa shape index (κ1) is 20.8. The zero-order valence-electron chi connectivity index (χ0n) is 15.7. The summed E-state index contributed by atoms with van der Waals surface area (Å²) in [5, 5.41) is 3.29. The third kappa shape index (κ3) is 5.77. The molecule has 0 saturated carbocycles. The van der Waals surface area contributed by atoms with E-state index in [0.29, 0.717) is 31.8 Å². The van der Waals surface area contributed by atoms with Crippen molar-refractivity contribution in [1.82, 2.24) is 10.2 Å². The van der Waals surface area contributed by atoms with Crippen LogP contribution in [0.5, 0.6) is 0 Å². The van der Waals surface area contributed by atoms with Crippen molar-refractivity contribution in [3.8, 4) is 0 Å². The number of halogens is 2. The van der Waals surface area contributed by atoms with Gasteiger partial charge in [-0.15, -0.1) is 0 Å². The average molecular weight is 451 g/mol. The molecule has 5 nitrogen and oxygen atoms in total. The normalized spacial score (nSPS) is 18.0. The molecule has 0 aromatic heterocycles. The monoisotopic (exact) mass is 450 g/mol. The number of nitrogens with zero attached hydrogens (tertiary/aromatic N) is 1. The van der Waals surface area contributed by atoms with Crippen LogP contribution in [0.15, 0.2) is 53.0 Å². The Kier molecular flexibility index (Phi) is 7.42. The van der Waals surface area contributed by atoms with Crippen LogP contribution >= 0.6 is 15.9 Å². The Labute approximate surface area is 172 Å². The maximum Gasteiger partial charge on any atom is 0.410 e. The van der Waals surface area contributed by atoms with Crippen molar-refractivity contribution >= 4 is 22.0 Å². The molecule has 1 aliphatic rings. The van der Waals surface area contributed by atoms with E-state index in [0.717, 1.165) is 10.0 Å². The van der Waals surface area contributed by atoms with Crippen LogP contribution in [0.3, 0.4) is 0 Å². The Bertz CT molecular complexity index is 790. The summed E-state index contributed by atoms with van der Waals surface area (Å²) >= 11 is 3.37. The van der Waals surface area contributed by atoms with Gasteiger partial charge < -0.3 is 19.7 Å². The van der Waals surface area contributed by atoms with Gasteiger partial charge in [0.25, 0.3) is 0 Å². The van der Waals surface area contributed by atoms with Gasteiger partial charge in [-0.1, -0.05) is 46.3 Å². The maximum absolute atomic E-state index is 14.0.